The summed E-state index contributed by atoms with van der Waals surface area (Å²) in [5.74, 6) is 2.59. The number of ether oxygens (including phenoxy) is 1. The van der Waals surface area contributed by atoms with Crippen LogP contribution in [-0.2, 0) is 11.3 Å². The summed E-state index contributed by atoms with van der Waals surface area (Å²) in [4.78, 5) is 25.8. The number of hydrogen-bond acceptors (Lipinski definition) is 4. The van der Waals surface area contributed by atoms with Gasteiger partial charge in [0, 0.05) is 58.2 Å². The van der Waals surface area contributed by atoms with Crippen LogP contribution in [0.4, 0.5) is 4.79 Å². The summed E-state index contributed by atoms with van der Waals surface area (Å²) in [6, 6.07) is 0. The molecule has 1 N–H and O–H groups in total. The van der Waals surface area contributed by atoms with E-state index in [-0.39, 0.29) is 30.1 Å². The van der Waals surface area contributed by atoms with Gasteiger partial charge in [-0.3, -0.25) is 4.99 Å². The molecule has 1 saturated heterocycles. The molecule has 0 aromatic carbocycles. The molecule has 8 nitrogen and oxygen atoms in total. The van der Waals surface area contributed by atoms with Crippen LogP contribution in [0, 0.1) is 12.8 Å². The first-order chi connectivity index (χ1) is 15.2. The lowest BCUT2D eigenvalue weighted by Crippen LogP contribution is -2.48. The highest BCUT2D eigenvalue weighted by Crippen LogP contribution is 2.20. The fourth-order valence-electron chi connectivity index (χ4n) is 3.94. The van der Waals surface area contributed by atoms with Crippen LogP contribution in [0.2, 0.25) is 0 Å². The van der Waals surface area contributed by atoms with E-state index in [1.165, 1.54) is 0 Å². The summed E-state index contributed by atoms with van der Waals surface area (Å²) in [7, 11) is 0. The first kappa shape index (κ1) is 29.5. The van der Waals surface area contributed by atoms with E-state index in [0.717, 1.165) is 76.7 Å². The minimum Gasteiger partial charge on any atom is -0.444 e. The van der Waals surface area contributed by atoms with E-state index in [2.05, 4.69) is 26.7 Å². The maximum Gasteiger partial charge on any atom is 0.410 e. The standard InChI is InChI=1S/C24H44N6O2.HI/c1-7-25-22(27-13-9-10-15-29-18-14-26-20(29)3)30-16-11-21(12-17-30)19-28(8-2)23(31)32-24(4,5)6;/h14,18,21H,7-13,15-17,19H2,1-6H3,(H,25,27);1H. The van der Waals surface area contributed by atoms with Crippen LogP contribution < -0.4 is 5.32 Å². The number of piperidine rings is 1. The van der Waals surface area contributed by atoms with E-state index in [1.807, 2.05) is 51.9 Å². The zero-order valence-corrected chi connectivity index (χ0v) is 23.8. The summed E-state index contributed by atoms with van der Waals surface area (Å²) in [5, 5.41) is 3.45. The van der Waals surface area contributed by atoms with E-state index < -0.39 is 5.60 Å². The molecule has 1 aliphatic rings. The van der Waals surface area contributed by atoms with E-state index >= 15 is 0 Å². The maximum absolute atomic E-state index is 12.4. The molecule has 1 fully saturated rings. The third-order valence-electron chi connectivity index (χ3n) is 5.75. The summed E-state index contributed by atoms with van der Waals surface area (Å²) < 4.78 is 7.75. The molecule has 0 aliphatic carbocycles. The highest BCUT2D eigenvalue weighted by molar-refractivity contribution is 14.0. The van der Waals surface area contributed by atoms with Gasteiger partial charge < -0.3 is 24.4 Å². The number of nitrogens with one attached hydrogen (secondary N) is 1. The summed E-state index contributed by atoms with van der Waals surface area (Å²) in [6.45, 7) is 18.0. The number of hydrogen-bond donors (Lipinski definition) is 1. The molecule has 33 heavy (non-hydrogen) atoms. The third-order valence-corrected chi connectivity index (χ3v) is 5.75. The molecule has 9 heteroatoms. The van der Waals surface area contributed by atoms with Crippen molar-refractivity contribution in [2.45, 2.75) is 79.4 Å². The van der Waals surface area contributed by atoms with Gasteiger partial charge in [-0.05, 0) is 73.1 Å². The number of aryl methyl sites for hydroxylation is 2. The van der Waals surface area contributed by atoms with Crippen LogP contribution in [-0.4, -0.2) is 76.3 Å². The zero-order chi connectivity index (χ0) is 23.6. The Labute approximate surface area is 217 Å². The smallest absolute Gasteiger partial charge is 0.410 e. The fourth-order valence-corrected chi connectivity index (χ4v) is 3.94. The van der Waals surface area contributed by atoms with Crippen molar-refractivity contribution in [1.29, 1.82) is 0 Å². The second kappa shape index (κ2) is 14.7. The first-order valence-electron chi connectivity index (χ1n) is 12.2. The van der Waals surface area contributed by atoms with Crippen LogP contribution in [0.3, 0.4) is 0 Å². The van der Waals surface area contributed by atoms with Crippen LogP contribution in [0.25, 0.3) is 0 Å². The van der Waals surface area contributed by atoms with Crippen molar-refractivity contribution in [2.24, 2.45) is 10.9 Å². The number of likely N-dealkylation sites (tertiary alicyclic amines) is 1. The minimum atomic E-state index is -0.456. The lowest BCUT2D eigenvalue weighted by atomic mass is 9.96. The minimum absolute atomic E-state index is 0. The maximum atomic E-state index is 12.4. The van der Waals surface area contributed by atoms with E-state index in [1.54, 1.807) is 0 Å². The zero-order valence-electron chi connectivity index (χ0n) is 21.5. The third kappa shape index (κ3) is 10.5. The number of imidazole rings is 1. The fraction of sp³-hybridized carbons (Fsp3) is 0.792. The molecule has 1 aromatic heterocycles. The monoisotopic (exact) mass is 576 g/mol. The Morgan fingerprint density at radius 2 is 1.97 bits per heavy atom. The quantitative estimate of drug-likeness (QED) is 0.203. The van der Waals surface area contributed by atoms with Crippen LogP contribution >= 0.6 is 24.0 Å². The molecule has 0 spiro atoms. The average Bonchev–Trinajstić information content (AvgIpc) is 3.15. The number of carbonyl (C=O) groups is 1. The summed E-state index contributed by atoms with van der Waals surface area (Å²) in [5.41, 5.74) is -0.456. The Morgan fingerprint density at radius 3 is 2.52 bits per heavy atom. The van der Waals surface area contributed by atoms with Gasteiger partial charge in [-0.15, -0.1) is 24.0 Å². The summed E-state index contributed by atoms with van der Waals surface area (Å²) >= 11 is 0. The van der Waals surface area contributed by atoms with E-state index in [9.17, 15) is 4.79 Å². The van der Waals surface area contributed by atoms with Crippen molar-refractivity contribution < 1.29 is 9.53 Å². The van der Waals surface area contributed by atoms with E-state index in [0.29, 0.717) is 12.5 Å². The molecule has 0 radical (unpaired) electrons. The molecule has 2 heterocycles. The largest absolute Gasteiger partial charge is 0.444 e. The Balaban J connectivity index is 0.00000544. The number of aliphatic imine (C=N–C) groups is 1. The van der Waals surface area contributed by atoms with Gasteiger partial charge in [0.1, 0.15) is 11.4 Å². The molecule has 190 valence electrons. The van der Waals surface area contributed by atoms with Crippen LogP contribution in [0.1, 0.15) is 66.1 Å². The molecule has 0 atom stereocenters. The van der Waals surface area contributed by atoms with Crippen LogP contribution in [0.15, 0.2) is 17.4 Å². The molecule has 2 rings (SSSR count). The number of rotatable bonds is 9. The number of halogens is 1. The highest BCUT2D eigenvalue weighted by Gasteiger charge is 2.27. The second-order valence-electron chi connectivity index (χ2n) is 9.56. The molecule has 1 amide bonds. The molecular weight excluding hydrogens is 531 g/mol. The lowest BCUT2D eigenvalue weighted by molar-refractivity contribution is 0.0214. The second-order valence-corrected chi connectivity index (χ2v) is 9.56. The van der Waals surface area contributed by atoms with Gasteiger partial charge in [-0.25, -0.2) is 9.78 Å². The number of aromatic nitrogens is 2. The number of nitrogens with zero attached hydrogens (tertiary/aromatic N) is 5. The average molecular weight is 577 g/mol. The van der Waals surface area contributed by atoms with Gasteiger partial charge in [0.2, 0.25) is 0 Å². The summed E-state index contributed by atoms with van der Waals surface area (Å²) in [6.07, 6.45) is 7.96. The van der Waals surface area contributed by atoms with Crippen molar-refractivity contribution in [3.05, 3.63) is 18.2 Å². The van der Waals surface area contributed by atoms with Crippen molar-refractivity contribution in [1.82, 2.24) is 24.7 Å². The van der Waals surface area contributed by atoms with Crippen molar-refractivity contribution >= 4 is 36.0 Å². The molecule has 0 bridgehead atoms. The van der Waals surface area contributed by atoms with Gasteiger partial charge >= 0.3 is 6.09 Å². The predicted molar refractivity (Wildman–Crippen MR) is 145 cm³/mol. The first-order valence-corrected chi connectivity index (χ1v) is 12.2. The molecule has 0 saturated carbocycles. The normalized spacial score (nSPS) is 15.2. The van der Waals surface area contributed by atoms with Crippen molar-refractivity contribution in [3.63, 3.8) is 0 Å². The Bertz CT molecular complexity index is 723. The molecule has 1 aromatic rings. The SMILES string of the molecule is CCNC(=NCCCCn1ccnc1C)N1CCC(CN(CC)C(=O)OC(C)(C)C)CC1.I. The van der Waals surface area contributed by atoms with Gasteiger partial charge in [-0.2, -0.15) is 0 Å². The number of guanidine groups is 1. The predicted octanol–water partition coefficient (Wildman–Crippen LogP) is 4.52. The molecule has 0 unspecified atom stereocenters. The number of unbranched alkanes of at least 4 members (excludes halogenated alkanes) is 1. The Morgan fingerprint density at radius 1 is 1.27 bits per heavy atom. The van der Waals surface area contributed by atoms with Gasteiger partial charge in [0.25, 0.3) is 0 Å². The molecule has 1 aliphatic heterocycles. The highest BCUT2D eigenvalue weighted by atomic mass is 127. The van der Waals surface area contributed by atoms with Gasteiger partial charge in [0.05, 0.1) is 0 Å². The lowest BCUT2D eigenvalue weighted by Gasteiger charge is -2.36. The topological polar surface area (TPSA) is 75.0 Å². The van der Waals surface area contributed by atoms with E-state index in [4.69, 9.17) is 9.73 Å². The number of carbonyl (C=O) groups excluding carboxylic acids is 1. The van der Waals surface area contributed by atoms with Crippen molar-refractivity contribution in [3.8, 4) is 0 Å². The van der Waals surface area contributed by atoms with Crippen molar-refractivity contribution in [2.75, 3.05) is 39.3 Å². The Hall–Kier alpha value is -1.52. The van der Waals surface area contributed by atoms with Crippen LogP contribution in [0.5, 0.6) is 0 Å². The van der Waals surface area contributed by atoms with Gasteiger partial charge in [0.15, 0.2) is 5.96 Å². The van der Waals surface area contributed by atoms with Gasteiger partial charge in [-0.1, -0.05) is 0 Å². The number of amides is 1. The Kier molecular flexibility index (Phi) is 13.1. The molecular formula is C24H45IN6O2.